The van der Waals surface area contributed by atoms with Gasteiger partial charge in [0.05, 0.1) is 18.3 Å². The number of methoxy groups -OCH3 is 1. The van der Waals surface area contributed by atoms with E-state index in [0.29, 0.717) is 0 Å². The average Bonchev–Trinajstić information content (AvgIpc) is 2.99. The lowest BCUT2D eigenvalue weighted by Crippen LogP contribution is -2.41. The van der Waals surface area contributed by atoms with Gasteiger partial charge in [-0.1, -0.05) is 36.4 Å². The first kappa shape index (κ1) is 24.9. The summed E-state index contributed by atoms with van der Waals surface area (Å²) in [6.07, 6.45) is 1.52. The van der Waals surface area contributed by atoms with E-state index in [-0.39, 0.29) is 13.2 Å². The molecule has 1 amide bonds. The molecule has 33 heavy (non-hydrogen) atoms. The number of amides is 1. The molecule has 0 radical (unpaired) electrons. The van der Waals surface area contributed by atoms with Crippen LogP contribution in [0.25, 0.3) is 6.08 Å². The molecule has 1 heterocycles. The van der Waals surface area contributed by atoms with Crippen molar-refractivity contribution < 1.29 is 23.6 Å². The number of benzene rings is 2. The Morgan fingerprint density at radius 1 is 1.03 bits per heavy atom. The van der Waals surface area contributed by atoms with Crippen molar-refractivity contribution in [2.24, 2.45) is 0 Å². The first-order valence-electron chi connectivity index (χ1n) is 11.2. The van der Waals surface area contributed by atoms with Gasteiger partial charge in [0.1, 0.15) is 12.4 Å². The summed E-state index contributed by atoms with van der Waals surface area (Å²) in [5.41, 5.74) is 3.84. The van der Waals surface area contributed by atoms with E-state index in [1.54, 1.807) is 7.11 Å². The molecule has 1 aliphatic heterocycles. The van der Waals surface area contributed by atoms with Gasteiger partial charge in [0.25, 0.3) is 0 Å². The van der Waals surface area contributed by atoms with Gasteiger partial charge in [-0.3, -0.25) is 0 Å². The molecule has 3 rings (SSSR count). The van der Waals surface area contributed by atoms with Gasteiger partial charge in [-0.15, -0.1) is 0 Å². The van der Waals surface area contributed by atoms with Gasteiger partial charge < -0.3 is 24.1 Å². The molecule has 6 nitrogen and oxygen atoms in total. The second-order valence-electron chi connectivity index (χ2n) is 9.40. The van der Waals surface area contributed by atoms with Crippen molar-refractivity contribution in [1.82, 2.24) is 5.32 Å². The van der Waals surface area contributed by atoms with Gasteiger partial charge in [-0.25, -0.2) is 4.79 Å². The highest BCUT2D eigenvalue weighted by atomic mass is 16.7. The molecule has 176 valence electrons. The SMILES string of the molecule is COc1cc(C)c(C=C(CNC(=O)OCc2ccccc2)B2OC(C)(C)C(C)(C)O2)cc1C. The molecule has 2 aromatic rings. The first-order chi connectivity index (χ1) is 15.5. The van der Waals surface area contributed by atoms with Crippen molar-refractivity contribution in [3.05, 3.63) is 70.2 Å². The van der Waals surface area contributed by atoms with E-state index >= 15 is 0 Å². The zero-order chi connectivity index (χ0) is 24.2. The molecule has 1 fully saturated rings. The largest absolute Gasteiger partial charge is 0.496 e. The zero-order valence-electron chi connectivity index (χ0n) is 20.7. The summed E-state index contributed by atoms with van der Waals surface area (Å²) in [6, 6.07) is 13.6. The number of hydrogen-bond donors (Lipinski definition) is 1. The molecule has 1 aliphatic rings. The third kappa shape index (κ3) is 5.98. The predicted octanol–water partition coefficient (Wildman–Crippen LogP) is 5.25. The highest BCUT2D eigenvalue weighted by molar-refractivity contribution is 6.56. The number of carbonyl (C=O) groups excluding carboxylic acids is 1. The Labute approximate surface area is 197 Å². The molecular formula is C26H34BNO5. The fraction of sp³-hybridized carbons (Fsp3) is 0.423. The van der Waals surface area contributed by atoms with Crippen molar-refractivity contribution in [3.63, 3.8) is 0 Å². The Morgan fingerprint density at radius 2 is 1.67 bits per heavy atom. The van der Waals surface area contributed by atoms with E-state index in [9.17, 15) is 4.79 Å². The molecule has 0 aliphatic carbocycles. The predicted molar refractivity (Wildman–Crippen MR) is 131 cm³/mol. The van der Waals surface area contributed by atoms with Gasteiger partial charge >= 0.3 is 13.2 Å². The molecule has 0 spiro atoms. The van der Waals surface area contributed by atoms with Gasteiger partial charge in [0, 0.05) is 6.54 Å². The van der Waals surface area contributed by atoms with E-state index in [4.69, 9.17) is 18.8 Å². The monoisotopic (exact) mass is 451 g/mol. The van der Waals surface area contributed by atoms with Crippen LogP contribution in [0, 0.1) is 13.8 Å². The molecule has 0 atom stereocenters. The minimum absolute atomic E-state index is 0.207. The van der Waals surface area contributed by atoms with Crippen LogP contribution < -0.4 is 10.1 Å². The van der Waals surface area contributed by atoms with Crippen LogP contribution in [0.4, 0.5) is 4.79 Å². The van der Waals surface area contributed by atoms with Crippen molar-refractivity contribution in [2.75, 3.05) is 13.7 Å². The summed E-state index contributed by atoms with van der Waals surface area (Å²) < 4.78 is 23.3. The molecule has 0 saturated carbocycles. The summed E-state index contributed by atoms with van der Waals surface area (Å²) in [4.78, 5) is 12.4. The lowest BCUT2D eigenvalue weighted by atomic mass is 9.76. The number of alkyl carbamates (subject to hydrolysis) is 1. The van der Waals surface area contributed by atoms with Gasteiger partial charge in [0.15, 0.2) is 0 Å². The maximum absolute atomic E-state index is 12.4. The van der Waals surface area contributed by atoms with Crippen molar-refractivity contribution >= 4 is 19.3 Å². The van der Waals surface area contributed by atoms with Crippen LogP contribution >= 0.6 is 0 Å². The minimum Gasteiger partial charge on any atom is -0.496 e. The number of nitrogens with one attached hydrogen (secondary N) is 1. The zero-order valence-corrected chi connectivity index (χ0v) is 20.7. The van der Waals surface area contributed by atoms with E-state index in [1.807, 2.05) is 84.0 Å². The average molecular weight is 451 g/mol. The van der Waals surface area contributed by atoms with E-state index < -0.39 is 24.4 Å². The van der Waals surface area contributed by atoms with Crippen molar-refractivity contribution in [2.45, 2.75) is 59.4 Å². The highest BCUT2D eigenvalue weighted by Gasteiger charge is 2.52. The van der Waals surface area contributed by atoms with Crippen LogP contribution in [-0.4, -0.2) is 38.1 Å². The topological polar surface area (TPSA) is 66.0 Å². The number of rotatable bonds is 7. The van der Waals surface area contributed by atoms with E-state index in [0.717, 1.165) is 33.5 Å². The Morgan fingerprint density at radius 3 is 2.27 bits per heavy atom. The van der Waals surface area contributed by atoms with Crippen molar-refractivity contribution in [3.8, 4) is 5.75 Å². The summed E-state index contributed by atoms with van der Waals surface area (Å²) in [7, 11) is 1.07. The summed E-state index contributed by atoms with van der Waals surface area (Å²) in [6.45, 7) is 12.5. The maximum atomic E-state index is 12.4. The summed E-state index contributed by atoms with van der Waals surface area (Å²) in [5, 5.41) is 2.85. The van der Waals surface area contributed by atoms with Gasteiger partial charge in [0.2, 0.25) is 0 Å². The minimum atomic E-state index is -0.591. The smallest absolute Gasteiger partial charge is 0.492 e. The van der Waals surface area contributed by atoms with Crippen LogP contribution in [0.1, 0.15) is 49.9 Å². The Balaban J connectivity index is 1.80. The Bertz CT molecular complexity index is 1000. The number of aryl methyl sites for hydroxylation is 2. The Hall–Kier alpha value is -2.77. The summed E-state index contributed by atoms with van der Waals surface area (Å²) >= 11 is 0. The lowest BCUT2D eigenvalue weighted by Gasteiger charge is -2.32. The number of hydrogen-bond acceptors (Lipinski definition) is 5. The molecule has 0 aromatic heterocycles. The van der Waals surface area contributed by atoms with E-state index in [2.05, 4.69) is 11.4 Å². The number of ether oxygens (including phenoxy) is 2. The van der Waals surface area contributed by atoms with Gasteiger partial charge in [-0.05, 0) is 81.4 Å². The molecule has 0 unspecified atom stereocenters. The Kier molecular flexibility index (Phi) is 7.55. The van der Waals surface area contributed by atoms with Crippen LogP contribution in [0.3, 0.4) is 0 Å². The second-order valence-corrected chi connectivity index (χ2v) is 9.40. The van der Waals surface area contributed by atoms with Crippen LogP contribution in [0.5, 0.6) is 5.75 Å². The molecule has 1 saturated heterocycles. The fourth-order valence-corrected chi connectivity index (χ4v) is 3.53. The molecule has 1 N–H and O–H groups in total. The number of carbonyl (C=O) groups is 1. The molecule has 2 aromatic carbocycles. The molecular weight excluding hydrogens is 417 g/mol. The maximum Gasteiger partial charge on any atom is 0.492 e. The third-order valence-electron chi connectivity index (χ3n) is 6.33. The quantitative estimate of drug-likeness (QED) is 0.583. The van der Waals surface area contributed by atoms with Crippen LogP contribution in [0.2, 0.25) is 0 Å². The normalized spacial score (nSPS) is 17.1. The molecule has 7 heteroatoms. The van der Waals surface area contributed by atoms with Crippen LogP contribution in [0.15, 0.2) is 47.9 Å². The van der Waals surface area contributed by atoms with Crippen LogP contribution in [-0.2, 0) is 20.7 Å². The van der Waals surface area contributed by atoms with Gasteiger partial charge in [-0.2, -0.15) is 0 Å². The molecule has 0 bridgehead atoms. The first-order valence-corrected chi connectivity index (χ1v) is 11.2. The highest BCUT2D eigenvalue weighted by Crippen LogP contribution is 2.39. The van der Waals surface area contributed by atoms with E-state index in [1.165, 1.54) is 0 Å². The lowest BCUT2D eigenvalue weighted by molar-refractivity contribution is 0.00578. The fourth-order valence-electron chi connectivity index (χ4n) is 3.53. The standard InChI is InChI=1S/C26H34BNO5/c1-18-14-23(30-7)19(2)13-21(18)15-22(27-32-25(3,4)26(5,6)33-27)16-28-24(29)31-17-20-11-9-8-10-12-20/h8-15H,16-17H2,1-7H3,(H,28,29). The third-order valence-corrected chi connectivity index (χ3v) is 6.33. The van der Waals surface area contributed by atoms with Crippen molar-refractivity contribution in [1.29, 1.82) is 0 Å². The summed E-state index contributed by atoms with van der Waals surface area (Å²) in [5.74, 6) is 0.837. The second kappa shape index (κ2) is 10.0.